The maximum absolute atomic E-state index is 12.1. The number of hydrogen-bond acceptors (Lipinski definition) is 4. The van der Waals surface area contributed by atoms with Gasteiger partial charge in [0.15, 0.2) is 11.9 Å². The van der Waals surface area contributed by atoms with Gasteiger partial charge in [0.25, 0.3) is 0 Å². The van der Waals surface area contributed by atoms with Crippen molar-refractivity contribution in [1.82, 2.24) is 0 Å². The first kappa shape index (κ1) is 25.4. The SMILES string of the molecule is O=C1C=CC2=C(C1)c1ccccc1N(CCCc1ccc(CC(OCc3ccccc3)C(=O)O)cc1)C=C2. The molecule has 0 bridgehead atoms. The minimum atomic E-state index is -0.952. The molecule has 192 valence electrons. The van der Waals surface area contributed by atoms with Gasteiger partial charge in [-0.1, -0.05) is 78.9 Å². The molecule has 1 heterocycles. The number of hydrogen-bond donors (Lipinski definition) is 1. The molecule has 0 radical (unpaired) electrons. The summed E-state index contributed by atoms with van der Waals surface area (Å²) in [6.07, 6.45) is 9.54. The minimum Gasteiger partial charge on any atom is -0.479 e. The second-order valence-corrected chi connectivity index (χ2v) is 9.68. The van der Waals surface area contributed by atoms with Crippen molar-refractivity contribution < 1.29 is 19.4 Å². The van der Waals surface area contributed by atoms with Gasteiger partial charge in [-0.2, -0.15) is 0 Å². The summed E-state index contributed by atoms with van der Waals surface area (Å²) in [6, 6.07) is 26.0. The Kier molecular flexibility index (Phi) is 7.95. The van der Waals surface area contributed by atoms with Crippen LogP contribution in [0.5, 0.6) is 0 Å². The van der Waals surface area contributed by atoms with Crippen LogP contribution in [0.3, 0.4) is 0 Å². The number of nitrogens with zero attached hydrogens (tertiary/aromatic N) is 1. The van der Waals surface area contributed by atoms with E-state index >= 15 is 0 Å². The van der Waals surface area contributed by atoms with E-state index in [1.807, 2.05) is 60.7 Å². The Bertz CT molecular complexity index is 1390. The third-order valence-electron chi connectivity index (χ3n) is 7.00. The molecule has 3 aromatic carbocycles. The van der Waals surface area contributed by atoms with Gasteiger partial charge in [0.2, 0.25) is 0 Å². The van der Waals surface area contributed by atoms with Crippen molar-refractivity contribution in [3.63, 3.8) is 0 Å². The lowest BCUT2D eigenvalue weighted by Crippen LogP contribution is -2.26. The Balaban J connectivity index is 1.17. The van der Waals surface area contributed by atoms with E-state index in [0.29, 0.717) is 12.8 Å². The summed E-state index contributed by atoms with van der Waals surface area (Å²) in [7, 11) is 0. The van der Waals surface area contributed by atoms with Crippen LogP contribution in [0.25, 0.3) is 5.57 Å². The van der Waals surface area contributed by atoms with E-state index in [2.05, 4.69) is 41.4 Å². The van der Waals surface area contributed by atoms with Gasteiger partial charge >= 0.3 is 5.97 Å². The highest BCUT2D eigenvalue weighted by Gasteiger charge is 2.21. The predicted octanol–water partition coefficient (Wildman–Crippen LogP) is 6.15. The quantitative estimate of drug-likeness (QED) is 0.358. The first-order chi connectivity index (χ1) is 18.6. The Morgan fingerprint density at radius 1 is 0.868 bits per heavy atom. The van der Waals surface area contributed by atoms with Crippen molar-refractivity contribution in [2.75, 3.05) is 11.4 Å². The molecule has 5 nitrogen and oxygen atoms in total. The van der Waals surface area contributed by atoms with Gasteiger partial charge in [0.1, 0.15) is 0 Å². The van der Waals surface area contributed by atoms with E-state index in [9.17, 15) is 14.7 Å². The van der Waals surface area contributed by atoms with Gasteiger partial charge in [0, 0.05) is 36.8 Å². The summed E-state index contributed by atoms with van der Waals surface area (Å²) in [5.41, 5.74) is 7.55. The van der Waals surface area contributed by atoms with Gasteiger partial charge in [-0.15, -0.1) is 0 Å². The smallest absolute Gasteiger partial charge is 0.333 e. The third kappa shape index (κ3) is 6.18. The highest BCUT2D eigenvalue weighted by Crippen LogP contribution is 2.37. The minimum absolute atomic E-state index is 0.140. The lowest BCUT2D eigenvalue weighted by atomic mass is 9.90. The number of allylic oxidation sites excluding steroid dienone is 5. The summed E-state index contributed by atoms with van der Waals surface area (Å²) in [5.74, 6) is -0.812. The second kappa shape index (κ2) is 11.9. The number of ether oxygens (including phenoxy) is 1. The number of carboxylic acids is 1. The highest BCUT2D eigenvalue weighted by molar-refractivity contribution is 6.04. The molecule has 1 N–H and O–H groups in total. The molecule has 1 aliphatic carbocycles. The molecule has 5 heteroatoms. The van der Waals surface area contributed by atoms with E-state index in [4.69, 9.17) is 4.74 Å². The van der Waals surface area contributed by atoms with E-state index in [1.54, 1.807) is 6.08 Å². The van der Waals surface area contributed by atoms with Crippen LogP contribution in [0.1, 0.15) is 35.1 Å². The number of fused-ring (bicyclic) bond motifs is 2. The third-order valence-corrected chi connectivity index (χ3v) is 7.00. The van der Waals surface area contributed by atoms with Crippen molar-refractivity contribution >= 4 is 23.0 Å². The summed E-state index contributed by atoms with van der Waals surface area (Å²) >= 11 is 0. The number of aliphatic carboxylic acids is 1. The van der Waals surface area contributed by atoms with Crippen molar-refractivity contribution in [1.29, 1.82) is 0 Å². The van der Waals surface area contributed by atoms with Crippen molar-refractivity contribution in [3.05, 3.63) is 131 Å². The van der Waals surface area contributed by atoms with Crippen molar-refractivity contribution in [2.24, 2.45) is 0 Å². The number of carbonyl (C=O) groups is 2. The first-order valence-electron chi connectivity index (χ1n) is 13.0. The topological polar surface area (TPSA) is 66.8 Å². The molecular formula is C33H31NO4. The van der Waals surface area contributed by atoms with Crippen LogP contribution < -0.4 is 4.90 Å². The van der Waals surface area contributed by atoms with E-state index in [0.717, 1.165) is 52.9 Å². The normalized spacial score (nSPS) is 15.2. The number of benzene rings is 3. The van der Waals surface area contributed by atoms with Crippen LogP contribution in [0.2, 0.25) is 0 Å². The monoisotopic (exact) mass is 505 g/mol. The molecule has 0 spiro atoms. The summed E-state index contributed by atoms with van der Waals surface area (Å²) < 4.78 is 5.70. The number of anilines is 1. The van der Waals surface area contributed by atoms with Gasteiger partial charge in [-0.05, 0) is 58.9 Å². The fraction of sp³-hybridized carbons (Fsp3) is 0.212. The molecule has 0 fully saturated rings. The molecule has 1 atom stereocenters. The number of aryl methyl sites for hydroxylation is 1. The lowest BCUT2D eigenvalue weighted by Gasteiger charge is -2.23. The Labute approximate surface area is 223 Å². The summed E-state index contributed by atoms with van der Waals surface area (Å²) in [5, 5.41) is 9.62. The second-order valence-electron chi connectivity index (χ2n) is 9.68. The Morgan fingerprint density at radius 3 is 2.39 bits per heavy atom. The molecule has 38 heavy (non-hydrogen) atoms. The zero-order chi connectivity index (χ0) is 26.3. The lowest BCUT2D eigenvalue weighted by molar-refractivity contribution is -0.151. The summed E-state index contributed by atoms with van der Waals surface area (Å²) in [6.45, 7) is 1.12. The fourth-order valence-electron chi connectivity index (χ4n) is 4.95. The molecule has 2 aliphatic rings. The Hall–Kier alpha value is -4.22. The maximum atomic E-state index is 12.1. The van der Waals surface area contributed by atoms with Crippen LogP contribution in [0.15, 0.2) is 109 Å². The first-order valence-corrected chi connectivity index (χ1v) is 13.0. The van der Waals surface area contributed by atoms with Crippen LogP contribution in [0, 0.1) is 0 Å². The van der Waals surface area contributed by atoms with Gasteiger partial charge < -0.3 is 14.7 Å². The summed E-state index contributed by atoms with van der Waals surface area (Å²) in [4.78, 5) is 26.1. The zero-order valence-corrected chi connectivity index (χ0v) is 21.3. The van der Waals surface area contributed by atoms with Gasteiger partial charge in [-0.25, -0.2) is 4.79 Å². The maximum Gasteiger partial charge on any atom is 0.333 e. The molecule has 0 saturated carbocycles. The molecule has 1 aliphatic heterocycles. The highest BCUT2D eigenvalue weighted by atomic mass is 16.5. The van der Waals surface area contributed by atoms with Crippen molar-refractivity contribution in [2.45, 2.75) is 38.4 Å². The average Bonchev–Trinajstić information content (AvgIpc) is 3.09. The molecule has 0 saturated heterocycles. The van der Waals surface area contributed by atoms with E-state index in [-0.39, 0.29) is 12.4 Å². The van der Waals surface area contributed by atoms with E-state index < -0.39 is 12.1 Å². The molecule has 3 aromatic rings. The van der Waals surface area contributed by atoms with Crippen LogP contribution in [-0.4, -0.2) is 29.5 Å². The number of carboxylic acid groups (broad SMARTS) is 1. The van der Waals surface area contributed by atoms with Gasteiger partial charge in [-0.3, -0.25) is 4.79 Å². The van der Waals surface area contributed by atoms with E-state index in [1.165, 1.54) is 5.56 Å². The number of para-hydroxylation sites is 1. The van der Waals surface area contributed by atoms with Crippen LogP contribution in [0.4, 0.5) is 5.69 Å². The predicted molar refractivity (Wildman–Crippen MR) is 150 cm³/mol. The van der Waals surface area contributed by atoms with Crippen LogP contribution in [-0.2, 0) is 33.8 Å². The van der Waals surface area contributed by atoms with Crippen LogP contribution >= 0.6 is 0 Å². The standard InChI is InChI=1S/C33H31NO4/c35-28-17-16-27-18-20-34(31-11-5-4-10-29(31)30(27)22-28)19-6-9-24-12-14-25(15-13-24)21-32(33(36)37)38-23-26-7-2-1-3-8-26/h1-5,7-8,10-18,20,32H,6,9,19,21-23H2,(H,36,37). The fourth-order valence-corrected chi connectivity index (χ4v) is 4.95. The number of carbonyl (C=O) groups excluding carboxylic acids is 1. The zero-order valence-electron chi connectivity index (χ0n) is 21.3. The molecule has 5 rings (SSSR count). The van der Waals surface area contributed by atoms with Gasteiger partial charge in [0.05, 0.1) is 6.61 Å². The van der Waals surface area contributed by atoms with Crippen molar-refractivity contribution in [3.8, 4) is 0 Å². The molecule has 0 amide bonds. The number of ketones is 1. The average molecular weight is 506 g/mol. The Morgan fingerprint density at radius 2 is 1.61 bits per heavy atom. The molecule has 1 unspecified atom stereocenters. The number of rotatable bonds is 10. The molecule has 0 aromatic heterocycles. The largest absolute Gasteiger partial charge is 0.479 e. The molecular weight excluding hydrogens is 474 g/mol.